The van der Waals surface area contributed by atoms with Gasteiger partial charge in [-0.15, -0.1) is 0 Å². The van der Waals surface area contributed by atoms with Crippen molar-refractivity contribution in [3.8, 4) is 0 Å². The third-order valence-corrected chi connectivity index (χ3v) is 4.70. The lowest BCUT2D eigenvalue weighted by Gasteiger charge is -2.33. The molecule has 1 fully saturated rings. The lowest BCUT2D eigenvalue weighted by atomic mass is 10.0. The summed E-state index contributed by atoms with van der Waals surface area (Å²) in [6, 6.07) is 7.10. The molecule has 148 valence electrons. The quantitative estimate of drug-likeness (QED) is 0.786. The predicted molar refractivity (Wildman–Crippen MR) is 103 cm³/mol. The fourth-order valence-electron chi connectivity index (χ4n) is 3.33. The van der Waals surface area contributed by atoms with Gasteiger partial charge in [0.15, 0.2) is 0 Å². The van der Waals surface area contributed by atoms with Crippen molar-refractivity contribution < 1.29 is 14.0 Å². The summed E-state index contributed by atoms with van der Waals surface area (Å²) < 4.78 is 13.4. The van der Waals surface area contributed by atoms with Gasteiger partial charge in [0.25, 0.3) is 0 Å². The maximum absolute atomic E-state index is 13.4. The highest BCUT2D eigenvalue weighted by atomic mass is 19.1. The van der Waals surface area contributed by atoms with E-state index in [1.165, 1.54) is 19.1 Å². The molecule has 2 aromatic rings. The van der Waals surface area contributed by atoms with E-state index in [-0.39, 0.29) is 30.1 Å². The van der Waals surface area contributed by atoms with E-state index in [1.807, 2.05) is 0 Å². The van der Waals surface area contributed by atoms with Gasteiger partial charge >= 0.3 is 0 Å². The van der Waals surface area contributed by atoms with Gasteiger partial charge in [-0.2, -0.15) is 0 Å². The fourth-order valence-corrected chi connectivity index (χ4v) is 3.33. The minimum Gasteiger partial charge on any atom is -0.351 e. The van der Waals surface area contributed by atoms with Crippen LogP contribution in [0.4, 0.5) is 10.3 Å². The normalized spacial score (nSPS) is 15.7. The standard InChI is InChI=1S/C20H24FN5O2/c1-14(27)24-18(13-15-4-2-5-16(21)12-15)19(28)25-17-6-10-26(11-7-17)20-22-8-3-9-23-20/h2-5,8-9,12,17-18H,6-7,10-11,13H2,1H3,(H,24,27)(H,25,28). The first-order chi connectivity index (χ1) is 13.5. The van der Waals surface area contributed by atoms with Crippen LogP contribution < -0.4 is 15.5 Å². The summed E-state index contributed by atoms with van der Waals surface area (Å²) in [7, 11) is 0. The number of carbonyl (C=O) groups is 2. The van der Waals surface area contributed by atoms with Gasteiger partial charge in [-0.05, 0) is 36.6 Å². The topological polar surface area (TPSA) is 87.2 Å². The van der Waals surface area contributed by atoms with E-state index in [0.717, 1.165) is 25.9 Å². The molecule has 0 aliphatic carbocycles. The second kappa shape index (κ2) is 9.25. The lowest BCUT2D eigenvalue weighted by molar-refractivity contribution is -0.128. The third kappa shape index (κ3) is 5.48. The molecule has 0 spiro atoms. The number of halogens is 1. The molecule has 8 heteroatoms. The Morgan fingerprint density at radius 1 is 1.21 bits per heavy atom. The molecule has 2 heterocycles. The number of hydrogen-bond acceptors (Lipinski definition) is 5. The number of anilines is 1. The third-order valence-electron chi connectivity index (χ3n) is 4.70. The van der Waals surface area contributed by atoms with E-state index < -0.39 is 6.04 Å². The zero-order chi connectivity index (χ0) is 19.9. The van der Waals surface area contributed by atoms with Gasteiger partial charge in [-0.25, -0.2) is 14.4 Å². The van der Waals surface area contributed by atoms with E-state index in [0.29, 0.717) is 11.5 Å². The first kappa shape index (κ1) is 19.7. The van der Waals surface area contributed by atoms with Crippen molar-refractivity contribution in [3.63, 3.8) is 0 Å². The minimum absolute atomic E-state index is 0.0104. The number of piperidine rings is 1. The van der Waals surface area contributed by atoms with Crippen molar-refractivity contribution >= 4 is 17.8 Å². The molecule has 2 amide bonds. The summed E-state index contributed by atoms with van der Waals surface area (Å²) in [5, 5.41) is 5.68. The highest BCUT2D eigenvalue weighted by molar-refractivity contribution is 5.87. The van der Waals surface area contributed by atoms with Gasteiger partial charge in [0, 0.05) is 44.9 Å². The van der Waals surface area contributed by atoms with E-state index in [2.05, 4.69) is 25.5 Å². The molecule has 1 aliphatic heterocycles. The Labute approximate surface area is 163 Å². The van der Waals surface area contributed by atoms with Gasteiger partial charge in [-0.1, -0.05) is 12.1 Å². The summed E-state index contributed by atoms with van der Waals surface area (Å²) >= 11 is 0. The molecule has 2 N–H and O–H groups in total. The number of nitrogens with one attached hydrogen (secondary N) is 2. The maximum atomic E-state index is 13.4. The molecule has 0 bridgehead atoms. The first-order valence-electron chi connectivity index (χ1n) is 9.35. The van der Waals surface area contributed by atoms with E-state index >= 15 is 0 Å². The number of hydrogen-bond donors (Lipinski definition) is 2. The number of carbonyl (C=O) groups excluding carboxylic acids is 2. The van der Waals surface area contributed by atoms with Crippen LogP contribution in [0.15, 0.2) is 42.7 Å². The Balaban J connectivity index is 1.57. The van der Waals surface area contributed by atoms with Crippen LogP contribution in [0.5, 0.6) is 0 Å². The van der Waals surface area contributed by atoms with Crippen molar-refractivity contribution in [2.45, 2.75) is 38.3 Å². The van der Waals surface area contributed by atoms with E-state index in [9.17, 15) is 14.0 Å². The lowest BCUT2D eigenvalue weighted by Crippen LogP contribution is -2.52. The molecule has 1 atom stereocenters. The van der Waals surface area contributed by atoms with Crippen LogP contribution >= 0.6 is 0 Å². The summed E-state index contributed by atoms with van der Waals surface area (Å²) in [5.41, 5.74) is 0.657. The average Bonchev–Trinajstić information content (AvgIpc) is 2.68. The summed E-state index contributed by atoms with van der Waals surface area (Å²) in [4.78, 5) is 34.8. The SMILES string of the molecule is CC(=O)NC(Cc1cccc(F)c1)C(=O)NC1CCN(c2ncccn2)CC1. The molecule has 1 saturated heterocycles. The number of nitrogens with zero attached hydrogens (tertiary/aromatic N) is 3. The molecule has 1 aromatic carbocycles. The molecule has 1 aliphatic rings. The highest BCUT2D eigenvalue weighted by Crippen LogP contribution is 2.16. The zero-order valence-corrected chi connectivity index (χ0v) is 15.8. The first-order valence-corrected chi connectivity index (χ1v) is 9.35. The number of amides is 2. The Morgan fingerprint density at radius 3 is 2.57 bits per heavy atom. The summed E-state index contributed by atoms with van der Waals surface area (Å²) in [6.45, 7) is 2.84. The van der Waals surface area contributed by atoms with Crippen molar-refractivity contribution in [3.05, 3.63) is 54.1 Å². The van der Waals surface area contributed by atoms with Gasteiger partial charge < -0.3 is 15.5 Å². The Bertz CT molecular complexity index is 809. The van der Waals surface area contributed by atoms with Crippen molar-refractivity contribution in [1.82, 2.24) is 20.6 Å². The van der Waals surface area contributed by atoms with Crippen LogP contribution in [0.2, 0.25) is 0 Å². The van der Waals surface area contributed by atoms with Crippen LogP contribution in [0.1, 0.15) is 25.3 Å². The second-order valence-electron chi connectivity index (χ2n) is 6.91. The predicted octanol–water partition coefficient (Wildman–Crippen LogP) is 1.45. The molecule has 0 radical (unpaired) electrons. The Hall–Kier alpha value is -3.03. The second-order valence-corrected chi connectivity index (χ2v) is 6.91. The molecule has 7 nitrogen and oxygen atoms in total. The molecule has 3 rings (SSSR count). The molecular weight excluding hydrogens is 361 g/mol. The molecule has 0 saturated carbocycles. The Kier molecular flexibility index (Phi) is 6.52. The molecule has 1 unspecified atom stereocenters. The van der Waals surface area contributed by atoms with Gasteiger partial charge in [0.1, 0.15) is 11.9 Å². The fraction of sp³-hybridized carbons (Fsp3) is 0.400. The number of benzene rings is 1. The molecule has 28 heavy (non-hydrogen) atoms. The van der Waals surface area contributed by atoms with Gasteiger partial charge in [0.05, 0.1) is 0 Å². The zero-order valence-electron chi connectivity index (χ0n) is 15.8. The van der Waals surface area contributed by atoms with E-state index in [4.69, 9.17) is 0 Å². The summed E-state index contributed by atoms with van der Waals surface area (Å²) in [6.07, 6.45) is 5.18. The Morgan fingerprint density at radius 2 is 1.93 bits per heavy atom. The monoisotopic (exact) mass is 385 g/mol. The van der Waals surface area contributed by atoms with Crippen LogP contribution in [0.25, 0.3) is 0 Å². The van der Waals surface area contributed by atoms with Gasteiger partial charge in [-0.3, -0.25) is 9.59 Å². The highest BCUT2D eigenvalue weighted by Gasteiger charge is 2.26. The smallest absolute Gasteiger partial charge is 0.243 e. The van der Waals surface area contributed by atoms with Crippen molar-refractivity contribution in [1.29, 1.82) is 0 Å². The van der Waals surface area contributed by atoms with Crippen molar-refractivity contribution in [2.24, 2.45) is 0 Å². The van der Waals surface area contributed by atoms with Crippen LogP contribution in [-0.4, -0.2) is 47.0 Å². The molecular formula is C20H24FN5O2. The van der Waals surface area contributed by atoms with Crippen LogP contribution in [0, 0.1) is 5.82 Å². The maximum Gasteiger partial charge on any atom is 0.243 e. The van der Waals surface area contributed by atoms with E-state index in [1.54, 1.807) is 30.6 Å². The van der Waals surface area contributed by atoms with Crippen molar-refractivity contribution in [2.75, 3.05) is 18.0 Å². The van der Waals surface area contributed by atoms with Gasteiger partial charge in [0.2, 0.25) is 17.8 Å². The summed E-state index contributed by atoms with van der Waals surface area (Å²) in [5.74, 6) is -0.231. The number of aromatic nitrogens is 2. The minimum atomic E-state index is -0.741. The molecule has 1 aromatic heterocycles. The van der Waals surface area contributed by atoms with Crippen LogP contribution in [0.3, 0.4) is 0 Å². The number of rotatable bonds is 6. The largest absolute Gasteiger partial charge is 0.351 e. The van der Waals surface area contributed by atoms with Crippen LogP contribution in [-0.2, 0) is 16.0 Å². The average molecular weight is 385 g/mol.